The molecule has 2 aliphatic carbocycles. The van der Waals surface area contributed by atoms with E-state index in [-0.39, 0.29) is 5.91 Å². The molecule has 1 aromatic rings. The van der Waals surface area contributed by atoms with Crippen molar-refractivity contribution in [2.24, 2.45) is 0 Å². The first-order valence-electron chi connectivity index (χ1n) is 7.04. The number of carbonyl (C=O) groups is 1. The molecule has 0 saturated heterocycles. The quantitative estimate of drug-likeness (QED) is 0.868. The maximum atomic E-state index is 12.2. The summed E-state index contributed by atoms with van der Waals surface area (Å²) in [5.74, 6) is 0.0136. The molecule has 0 spiro atoms. The molecule has 3 heteroatoms. The van der Waals surface area contributed by atoms with Crippen molar-refractivity contribution in [2.45, 2.75) is 57.9 Å². The summed E-state index contributed by atoms with van der Waals surface area (Å²) in [6.07, 6.45) is 8.14. The summed E-state index contributed by atoms with van der Waals surface area (Å²) in [5, 5.41) is 3.11. The van der Waals surface area contributed by atoms with Crippen LogP contribution in [0.4, 0.5) is 0 Å². The van der Waals surface area contributed by atoms with Crippen LogP contribution in [0.5, 0.6) is 0 Å². The van der Waals surface area contributed by atoms with Crippen LogP contribution in [0.25, 0.3) is 0 Å². The Kier molecular flexibility index (Phi) is 3.06. The number of fused-ring (bicyclic) bond motifs is 1. The number of amides is 1. The molecule has 3 rings (SSSR count). The molecule has 0 radical (unpaired) electrons. The molecule has 1 heterocycles. The molecule has 3 nitrogen and oxygen atoms in total. The molecule has 1 aromatic heterocycles. The third kappa shape index (κ3) is 2.14. The van der Waals surface area contributed by atoms with Crippen molar-refractivity contribution in [3.05, 3.63) is 28.6 Å². The minimum absolute atomic E-state index is 0.0136. The summed E-state index contributed by atoms with van der Waals surface area (Å²) in [6.45, 7) is 2.02. The van der Waals surface area contributed by atoms with Crippen LogP contribution in [-0.4, -0.2) is 16.9 Å². The lowest BCUT2D eigenvalue weighted by Crippen LogP contribution is -2.33. The normalized spacial score (nSPS) is 18.9. The molecule has 96 valence electrons. The lowest BCUT2D eigenvalue weighted by Gasteiger charge is -2.13. The largest absolute Gasteiger partial charge is 0.348 e. The van der Waals surface area contributed by atoms with E-state index >= 15 is 0 Å². The SMILES string of the molecule is Cc1nc(C(=O)NC2CCCC2)cc2c1CCC2. The van der Waals surface area contributed by atoms with Gasteiger partial charge in [0.1, 0.15) is 5.69 Å². The Hall–Kier alpha value is -1.38. The van der Waals surface area contributed by atoms with Crippen molar-refractivity contribution in [1.29, 1.82) is 0 Å². The first-order chi connectivity index (χ1) is 8.74. The van der Waals surface area contributed by atoms with Crippen molar-refractivity contribution >= 4 is 5.91 Å². The van der Waals surface area contributed by atoms with Crippen molar-refractivity contribution in [3.8, 4) is 0 Å². The highest BCUT2D eigenvalue weighted by atomic mass is 16.1. The Morgan fingerprint density at radius 2 is 2.06 bits per heavy atom. The van der Waals surface area contributed by atoms with E-state index in [1.54, 1.807) is 0 Å². The highest BCUT2D eigenvalue weighted by Gasteiger charge is 2.21. The number of nitrogens with zero attached hydrogens (tertiary/aromatic N) is 1. The third-order valence-electron chi connectivity index (χ3n) is 4.22. The van der Waals surface area contributed by atoms with Gasteiger partial charge in [-0.3, -0.25) is 4.79 Å². The summed E-state index contributed by atoms with van der Waals surface area (Å²) in [4.78, 5) is 16.7. The van der Waals surface area contributed by atoms with Crippen LogP contribution in [0, 0.1) is 6.92 Å². The fraction of sp³-hybridized carbons (Fsp3) is 0.600. The Balaban J connectivity index is 1.79. The molecule has 2 aliphatic rings. The fourth-order valence-electron chi connectivity index (χ4n) is 3.23. The highest BCUT2D eigenvalue weighted by Crippen LogP contribution is 2.25. The average Bonchev–Trinajstić information content (AvgIpc) is 2.98. The number of aromatic nitrogens is 1. The highest BCUT2D eigenvalue weighted by molar-refractivity contribution is 5.92. The maximum Gasteiger partial charge on any atom is 0.270 e. The van der Waals surface area contributed by atoms with Crippen LogP contribution in [0.2, 0.25) is 0 Å². The molecule has 1 N–H and O–H groups in total. The average molecular weight is 244 g/mol. The number of aryl methyl sites for hydroxylation is 2. The second-order valence-electron chi connectivity index (χ2n) is 5.54. The van der Waals surface area contributed by atoms with E-state index in [1.807, 2.05) is 13.0 Å². The van der Waals surface area contributed by atoms with E-state index in [1.165, 1.54) is 30.4 Å². The van der Waals surface area contributed by atoms with Crippen LogP contribution in [-0.2, 0) is 12.8 Å². The zero-order valence-electron chi connectivity index (χ0n) is 11.0. The van der Waals surface area contributed by atoms with Gasteiger partial charge >= 0.3 is 0 Å². The van der Waals surface area contributed by atoms with Gasteiger partial charge in [0.15, 0.2) is 0 Å². The molecule has 18 heavy (non-hydrogen) atoms. The van der Waals surface area contributed by atoms with Gasteiger partial charge in [0.25, 0.3) is 5.91 Å². The summed E-state index contributed by atoms with van der Waals surface area (Å²) in [6, 6.07) is 2.37. The molecule has 1 amide bonds. The Morgan fingerprint density at radius 3 is 2.83 bits per heavy atom. The number of hydrogen-bond donors (Lipinski definition) is 1. The molecule has 0 unspecified atom stereocenters. The number of carbonyl (C=O) groups excluding carboxylic acids is 1. The van der Waals surface area contributed by atoms with Crippen LogP contribution >= 0.6 is 0 Å². The molecular formula is C15H20N2O. The van der Waals surface area contributed by atoms with Gasteiger partial charge in [-0.1, -0.05) is 12.8 Å². The lowest BCUT2D eigenvalue weighted by atomic mass is 10.1. The molecule has 1 saturated carbocycles. The number of hydrogen-bond acceptors (Lipinski definition) is 2. The first kappa shape index (κ1) is 11.7. The van der Waals surface area contributed by atoms with Crippen molar-refractivity contribution in [1.82, 2.24) is 10.3 Å². The molecule has 0 aliphatic heterocycles. The summed E-state index contributed by atoms with van der Waals surface area (Å²) >= 11 is 0. The minimum Gasteiger partial charge on any atom is -0.348 e. The van der Waals surface area contributed by atoms with Gasteiger partial charge in [-0.05, 0) is 56.2 Å². The van der Waals surface area contributed by atoms with Gasteiger partial charge < -0.3 is 5.32 Å². The van der Waals surface area contributed by atoms with Gasteiger partial charge in [0.05, 0.1) is 0 Å². The van der Waals surface area contributed by atoms with E-state index in [2.05, 4.69) is 10.3 Å². The Labute approximate surface area is 108 Å². The standard InChI is InChI=1S/C15H20N2O/c1-10-13-8-4-5-11(13)9-14(16-10)15(18)17-12-6-2-3-7-12/h9,12H,2-8H2,1H3,(H,17,18). The predicted molar refractivity (Wildman–Crippen MR) is 70.7 cm³/mol. The Morgan fingerprint density at radius 1 is 1.28 bits per heavy atom. The van der Waals surface area contributed by atoms with E-state index in [4.69, 9.17) is 0 Å². The Bertz CT molecular complexity index is 476. The predicted octanol–water partition coefficient (Wildman–Crippen LogP) is 2.55. The van der Waals surface area contributed by atoms with Crippen LogP contribution in [0.1, 0.15) is 59.4 Å². The van der Waals surface area contributed by atoms with Gasteiger partial charge in [-0.15, -0.1) is 0 Å². The van der Waals surface area contributed by atoms with Crippen molar-refractivity contribution in [2.75, 3.05) is 0 Å². The van der Waals surface area contributed by atoms with Crippen molar-refractivity contribution in [3.63, 3.8) is 0 Å². The first-order valence-corrected chi connectivity index (χ1v) is 7.04. The maximum absolute atomic E-state index is 12.2. The molecule has 1 fully saturated rings. The fourth-order valence-corrected chi connectivity index (χ4v) is 3.23. The monoisotopic (exact) mass is 244 g/mol. The van der Waals surface area contributed by atoms with Crippen molar-refractivity contribution < 1.29 is 4.79 Å². The molecule has 0 bridgehead atoms. The summed E-state index contributed by atoms with van der Waals surface area (Å²) < 4.78 is 0. The summed E-state index contributed by atoms with van der Waals surface area (Å²) in [5.41, 5.74) is 4.35. The second kappa shape index (κ2) is 4.71. The molecular weight excluding hydrogens is 224 g/mol. The lowest BCUT2D eigenvalue weighted by molar-refractivity contribution is 0.0932. The van der Waals surface area contributed by atoms with Gasteiger partial charge in [-0.2, -0.15) is 0 Å². The third-order valence-corrected chi connectivity index (χ3v) is 4.22. The van der Waals surface area contributed by atoms with Crippen LogP contribution in [0.15, 0.2) is 6.07 Å². The van der Waals surface area contributed by atoms with E-state index in [9.17, 15) is 4.79 Å². The minimum atomic E-state index is 0.0136. The van der Waals surface area contributed by atoms with Crippen LogP contribution < -0.4 is 5.32 Å². The number of nitrogens with one attached hydrogen (secondary N) is 1. The van der Waals surface area contributed by atoms with E-state index in [0.717, 1.165) is 31.4 Å². The van der Waals surface area contributed by atoms with E-state index < -0.39 is 0 Å². The summed E-state index contributed by atoms with van der Waals surface area (Å²) in [7, 11) is 0. The molecule has 0 aromatic carbocycles. The van der Waals surface area contributed by atoms with Crippen LogP contribution in [0.3, 0.4) is 0 Å². The second-order valence-corrected chi connectivity index (χ2v) is 5.54. The zero-order chi connectivity index (χ0) is 12.5. The number of rotatable bonds is 2. The topological polar surface area (TPSA) is 42.0 Å². The van der Waals surface area contributed by atoms with Gasteiger partial charge in [-0.25, -0.2) is 4.98 Å². The number of pyridine rings is 1. The van der Waals surface area contributed by atoms with E-state index in [0.29, 0.717) is 11.7 Å². The smallest absolute Gasteiger partial charge is 0.270 e. The van der Waals surface area contributed by atoms with Gasteiger partial charge in [0, 0.05) is 11.7 Å². The van der Waals surface area contributed by atoms with Gasteiger partial charge in [0.2, 0.25) is 0 Å². The zero-order valence-corrected chi connectivity index (χ0v) is 11.0. The molecule has 0 atom stereocenters.